The van der Waals surface area contributed by atoms with Crippen LogP contribution in [0.2, 0.25) is 0 Å². The predicted molar refractivity (Wildman–Crippen MR) is 163 cm³/mol. The van der Waals surface area contributed by atoms with Crippen molar-refractivity contribution >= 4 is 61.9 Å². The fraction of sp³-hybridized carbons (Fsp3) is 0.100. The number of rotatable bonds is 11. The molecule has 6 N–H and O–H groups in total. The Kier molecular flexibility index (Phi) is 9.08. The van der Waals surface area contributed by atoms with E-state index < -0.39 is 16.0 Å². The molecular weight excluding hydrogens is 558 g/mol. The van der Waals surface area contributed by atoms with Crippen LogP contribution in [0.15, 0.2) is 95.9 Å². The first-order valence-electron chi connectivity index (χ1n) is 12.7. The Balaban J connectivity index is 1.77. The van der Waals surface area contributed by atoms with E-state index in [-0.39, 0.29) is 45.9 Å². The lowest BCUT2D eigenvalue weighted by Gasteiger charge is -2.20. The molecule has 0 fully saturated rings. The molecule has 0 spiro atoms. The van der Waals surface area contributed by atoms with Crippen LogP contribution in [0.1, 0.15) is 29.8 Å². The Labute approximate surface area is 243 Å². The molecule has 0 radical (unpaired) electrons. The Bertz CT molecular complexity index is 1710. The van der Waals surface area contributed by atoms with Gasteiger partial charge in [0.05, 0.1) is 16.9 Å². The number of benzene rings is 4. The third-order valence-electron chi connectivity index (χ3n) is 5.90. The maximum atomic E-state index is 13.8. The third kappa shape index (κ3) is 7.86. The molecule has 0 heterocycles. The second kappa shape index (κ2) is 12.9. The van der Waals surface area contributed by atoms with E-state index in [1.807, 2.05) is 30.3 Å². The van der Waals surface area contributed by atoms with Gasteiger partial charge in [-0.3, -0.25) is 14.3 Å². The number of hydrogen-bond donors (Lipinski definition) is 6. The van der Waals surface area contributed by atoms with Gasteiger partial charge >= 0.3 is 5.97 Å². The Hall–Kier alpha value is -5.36. The minimum absolute atomic E-state index is 0.116. The lowest BCUT2D eigenvalue weighted by Crippen LogP contribution is -2.17. The number of carboxylic acids is 1. The molecule has 0 saturated carbocycles. The molecule has 0 aliphatic rings. The maximum Gasteiger partial charge on any atom is 0.335 e. The van der Waals surface area contributed by atoms with Crippen LogP contribution >= 0.6 is 0 Å². The van der Waals surface area contributed by atoms with E-state index in [1.54, 1.807) is 24.3 Å². The Morgan fingerprint density at radius 1 is 0.714 bits per heavy atom. The molecule has 0 aliphatic heterocycles. The molecule has 0 unspecified atom stereocenters. The van der Waals surface area contributed by atoms with Crippen LogP contribution in [0.25, 0.3) is 0 Å². The van der Waals surface area contributed by atoms with E-state index in [2.05, 4.69) is 26.0 Å². The summed E-state index contributed by atoms with van der Waals surface area (Å²) in [6.07, 6.45) is 0. The molecule has 216 valence electrons. The zero-order valence-corrected chi connectivity index (χ0v) is 23.6. The number of hydrogen-bond acceptors (Lipinski definition) is 7. The van der Waals surface area contributed by atoms with Gasteiger partial charge in [0, 0.05) is 43.1 Å². The molecule has 0 saturated heterocycles. The minimum atomic E-state index is -4.35. The molecule has 4 rings (SSSR count). The average Bonchev–Trinajstić information content (AvgIpc) is 2.94. The fourth-order valence-corrected chi connectivity index (χ4v) is 5.30. The molecule has 0 aromatic heterocycles. The van der Waals surface area contributed by atoms with E-state index in [4.69, 9.17) is 0 Å². The number of amides is 2. The number of carboxylic acid groups (broad SMARTS) is 1. The van der Waals surface area contributed by atoms with Crippen molar-refractivity contribution in [2.75, 3.05) is 26.0 Å². The highest BCUT2D eigenvalue weighted by Gasteiger charge is 2.25. The van der Waals surface area contributed by atoms with Gasteiger partial charge < -0.3 is 26.4 Å². The van der Waals surface area contributed by atoms with Crippen LogP contribution in [0.4, 0.5) is 34.1 Å². The second-order valence-corrected chi connectivity index (χ2v) is 10.9. The summed E-state index contributed by atoms with van der Waals surface area (Å²) >= 11 is 0. The van der Waals surface area contributed by atoms with Crippen molar-refractivity contribution in [2.45, 2.75) is 25.3 Å². The number of sulfonamides is 1. The highest BCUT2D eigenvalue weighted by atomic mass is 32.2. The van der Waals surface area contributed by atoms with Gasteiger partial charge in [-0.05, 0) is 66.2 Å². The van der Waals surface area contributed by atoms with Crippen molar-refractivity contribution in [3.63, 3.8) is 0 Å². The summed E-state index contributed by atoms with van der Waals surface area (Å²) in [6, 6.07) is 24.4. The van der Waals surface area contributed by atoms with E-state index in [1.165, 1.54) is 44.2 Å². The predicted octanol–water partition coefficient (Wildman–Crippen LogP) is 5.46. The quantitative estimate of drug-likeness (QED) is 0.135. The van der Waals surface area contributed by atoms with Crippen molar-refractivity contribution in [1.82, 2.24) is 0 Å². The standard InChI is InChI=1S/C30H29N5O6S/c1-19(36)32-23-8-10-25(11-9-23)34-29-27(31-18-21-6-4-3-5-7-21)16-22(30(38)39)17-28(29)42(40,41)35-26-14-12-24(13-15-26)33-20(2)37/h3-17,31,34-35H,18H2,1-2H3,(H,32,36)(H,33,37)(H,38,39). The van der Waals surface area contributed by atoms with Crippen LogP contribution in [0, 0.1) is 0 Å². The molecule has 4 aromatic carbocycles. The lowest BCUT2D eigenvalue weighted by molar-refractivity contribution is -0.115. The number of carbonyl (C=O) groups is 3. The molecule has 4 aromatic rings. The number of carbonyl (C=O) groups excluding carboxylic acids is 2. The van der Waals surface area contributed by atoms with Crippen LogP contribution < -0.4 is 26.0 Å². The Morgan fingerprint density at radius 3 is 1.76 bits per heavy atom. The number of aromatic carboxylic acids is 1. The van der Waals surface area contributed by atoms with Crippen LogP contribution in [0.5, 0.6) is 0 Å². The summed E-state index contributed by atoms with van der Waals surface area (Å²) in [5, 5.41) is 21.4. The van der Waals surface area contributed by atoms with Gasteiger partial charge in [0.1, 0.15) is 4.90 Å². The van der Waals surface area contributed by atoms with Crippen molar-refractivity contribution in [3.8, 4) is 0 Å². The van der Waals surface area contributed by atoms with Crippen molar-refractivity contribution < 1.29 is 27.9 Å². The lowest BCUT2D eigenvalue weighted by atomic mass is 10.1. The van der Waals surface area contributed by atoms with E-state index in [0.29, 0.717) is 17.1 Å². The van der Waals surface area contributed by atoms with Crippen molar-refractivity contribution in [1.29, 1.82) is 0 Å². The summed E-state index contributed by atoms with van der Waals surface area (Å²) in [4.78, 5) is 34.5. The van der Waals surface area contributed by atoms with E-state index >= 15 is 0 Å². The first kappa shape index (κ1) is 29.6. The largest absolute Gasteiger partial charge is 0.478 e. The monoisotopic (exact) mass is 587 g/mol. The highest BCUT2D eigenvalue weighted by Crippen LogP contribution is 2.36. The summed E-state index contributed by atoms with van der Waals surface area (Å²) < 4.78 is 30.0. The van der Waals surface area contributed by atoms with E-state index in [0.717, 1.165) is 11.6 Å². The minimum Gasteiger partial charge on any atom is -0.478 e. The van der Waals surface area contributed by atoms with Gasteiger partial charge in [-0.15, -0.1) is 0 Å². The molecular formula is C30H29N5O6S. The fourth-order valence-electron chi connectivity index (χ4n) is 4.03. The molecule has 42 heavy (non-hydrogen) atoms. The maximum absolute atomic E-state index is 13.8. The average molecular weight is 588 g/mol. The highest BCUT2D eigenvalue weighted by molar-refractivity contribution is 7.93. The number of nitrogens with one attached hydrogen (secondary N) is 5. The normalized spacial score (nSPS) is 10.8. The summed E-state index contributed by atoms with van der Waals surface area (Å²) in [6.45, 7) is 3.04. The van der Waals surface area contributed by atoms with Crippen LogP contribution in [-0.4, -0.2) is 31.3 Å². The SMILES string of the molecule is CC(=O)Nc1ccc(Nc2c(NCc3ccccc3)cc(C(=O)O)cc2S(=O)(=O)Nc2ccc(NC(C)=O)cc2)cc1. The van der Waals surface area contributed by atoms with Gasteiger partial charge in [-0.25, -0.2) is 13.2 Å². The van der Waals surface area contributed by atoms with Gasteiger partial charge in [0.25, 0.3) is 10.0 Å². The van der Waals surface area contributed by atoms with Crippen molar-refractivity contribution in [2.24, 2.45) is 0 Å². The molecule has 2 amide bonds. The van der Waals surface area contributed by atoms with Gasteiger partial charge in [0.15, 0.2) is 0 Å². The van der Waals surface area contributed by atoms with Gasteiger partial charge in [0.2, 0.25) is 11.8 Å². The third-order valence-corrected chi connectivity index (χ3v) is 7.30. The summed E-state index contributed by atoms with van der Waals surface area (Å²) in [5.41, 5.74) is 2.74. The summed E-state index contributed by atoms with van der Waals surface area (Å²) in [7, 11) is -4.35. The van der Waals surface area contributed by atoms with E-state index in [9.17, 15) is 27.9 Å². The smallest absolute Gasteiger partial charge is 0.335 e. The molecule has 11 nitrogen and oxygen atoms in total. The molecule has 0 aliphatic carbocycles. The summed E-state index contributed by atoms with van der Waals surface area (Å²) in [5.74, 6) is -1.82. The van der Waals surface area contributed by atoms with Gasteiger partial charge in [-0.2, -0.15) is 0 Å². The molecule has 0 bridgehead atoms. The van der Waals surface area contributed by atoms with Gasteiger partial charge in [-0.1, -0.05) is 30.3 Å². The first-order chi connectivity index (χ1) is 20.0. The number of anilines is 6. The van der Waals surface area contributed by atoms with Crippen LogP contribution in [-0.2, 0) is 26.2 Å². The Morgan fingerprint density at radius 2 is 1.24 bits per heavy atom. The first-order valence-corrected chi connectivity index (χ1v) is 14.2. The second-order valence-electron chi connectivity index (χ2n) is 9.29. The van der Waals surface area contributed by atoms with Crippen LogP contribution in [0.3, 0.4) is 0 Å². The molecule has 12 heteroatoms. The topological polar surface area (TPSA) is 166 Å². The molecule has 0 atom stereocenters. The zero-order chi connectivity index (χ0) is 30.3. The van der Waals surface area contributed by atoms with Crippen molar-refractivity contribution in [3.05, 3.63) is 102 Å². The zero-order valence-electron chi connectivity index (χ0n) is 22.8.